The van der Waals surface area contributed by atoms with Gasteiger partial charge >= 0.3 is 5.97 Å². The Morgan fingerprint density at radius 1 is 1.04 bits per heavy atom. The van der Waals surface area contributed by atoms with Gasteiger partial charge in [-0.3, -0.25) is 4.79 Å². The molecule has 6 heteroatoms. The maximum absolute atomic E-state index is 12.4. The van der Waals surface area contributed by atoms with E-state index in [2.05, 4.69) is 0 Å². The molecule has 2 rings (SSSR count). The maximum Gasteiger partial charge on any atom is 0.341 e. The number of hydrogen-bond donors (Lipinski definition) is 1. The third-order valence-corrected chi connectivity index (χ3v) is 3.43. The number of carbonyl (C=O) groups is 2. The summed E-state index contributed by atoms with van der Waals surface area (Å²) in [6, 6.07) is 12.0. The Bertz CT molecular complexity index is 810. The van der Waals surface area contributed by atoms with E-state index in [0.717, 1.165) is 5.56 Å². The topological polar surface area (TPSA) is 82.1 Å². The third kappa shape index (κ3) is 5.11. The summed E-state index contributed by atoms with van der Waals surface area (Å²) < 4.78 is 15.8. The van der Waals surface area contributed by atoms with Crippen LogP contribution in [-0.4, -0.2) is 37.2 Å². The number of carboxylic acid groups (broad SMARTS) is 1. The molecule has 0 heterocycles. The second kappa shape index (κ2) is 9.27. The van der Waals surface area contributed by atoms with E-state index in [9.17, 15) is 9.59 Å². The van der Waals surface area contributed by atoms with Crippen molar-refractivity contribution in [2.24, 2.45) is 0 Å². The first-order valence-electron chi connectivity index (χ1n) is 8.02. The Kier molecular flexibility index (Phi) is 6.79. The molecule has 0 amide bonds. The van der Waals surface area contributed by atoms with Crippen molar-refractivity contribution in [2.75, 3.05) is 20.3 Å². The van der Waals surface area contributed by atoms with Crippen LogP contribution in [0.25, 0.3) is 6.08 Å². The fraction of sp³-hybridized carbons (Fsp3) is 0.200. The highest BCUT2D eigenvalue weighted by molar-refractivity contribution is 6.07. The van der Waals surface area contributed by atoms with Gasteiger partial charge in [0.25, 0.3) is 0 Å². The van der Waals surface area contributed by atoms with E-state index < -0.39 is 12.6 Å². The van der Waals surface area contributed by atoms with Gasteiger partial charge in [-0.2, -0.15) is 0 Å². The van der Waals surface area contributed by atoms with Crippen molar-refractivity contribution < 1.29 is 28.9 Å². The third-order valence-electron chi connectivity index (χ3n) is 3.43. The number of benzene rings is 2. The Morgan fingerprint density at radius 3 is 2.50 bits per heavy atom. The largest absolute Gasteiger partial charge is 0.493 e. The molecule has 0 unspecified atom stereocenters. The molecule has 1 N–H and O–H groups in total. The molecule has 0 saturated heterocycles. The molecule has 0 radical (unpaired) electrons. The molecule has 2 aromatic rings. The van der Waals surface area contributed by atoms with Crippen molar-refractivity contribution in [2.45, 2.75) is 6.92 Å². The molecule has 0 bridgehead atoms. The van der Waals surface area contributed by atoms with E-state index in [1.807, 2.05) is 31.2 Å². The quantitative estimate of drug-likeness (QED) is 0.547. The van der Waals surface area contributed by atoms with E-state index in [0.29, 0.717) is 23.7 Å². The Morgan fingerprint density at radius 2 is 1.81 bits per heavy atom. The van der Waals surface area contributed by atoms with Crippen LogP contribution < -0.4 is 14.2 Å². The van der Waals surface area contributed by atoms with Crippen molar-refractivity contribution in [3.8, 4) is 17.2 Å². The SMILES string of the molecule is CCOc1ccccc1/C=C/C(=O)c1ccc(OCC(=O)O)c(OC)c1. The number of para-hydroxylation sites is 1. The lowest BCUT2D eigenvalue weighted by Crippen LogP contribution is -2.10. The molecule has 0 aliphatic carbocycles. The molecule has 0 spiro atoms. The van der Waals surface area contributed by atoms with Crippen molar-refractivity contribution in [1.29, 1.82) is 0 Å². The monoisotopic (exact) mass is 356 g/mol. The van der Waals surface area contributed by atoms with Gasteiger partial charge in [0.1, 0.15) is 5.75 Å². The molecule has 0 aliphatic heterocycles. The molecule has 0 fully saturated rings. The number of methoxy groups -OCH3 is 1. The lowest BCUT2D eigenvalue weighted by molar-refractivity contribution is -0.139. The summed E-state index contributed by atoms with van der Waals surface area (Å²) in [6.07, 6.45) is 3.14. The van der Waals surface area contributed by atoms with Gasteiger partial charge in [-0.25, -0.2) is 4.79 Å². The van der Waals surface area contributed by atoms with Crippen molar-refractivity contribution in [1.82, 2.24) is 0 Å². The van der Waals surface area contributed by atoms with Gasteiger partial charge in [0.2, 0.25) is 0 Å². The zero-order valence-corrected chi connectivity index (χ0v) is 14.6. The number of hydrogen-bond acceptors (Lipinski definition) is 5. The van der Waals surface area contributed by atoms with E-state index >= 15 is 0 Å². The standard InChI is InChI=1S/C20H20O6/c1-3-25-17-7-5-4-6-14(17)8-10-16(21)15-9-11-18(19(12-15)24-2)26-13-20(22)23/h4-12H,3,13H2,1-2H3,(H,22,23)/b10-8+. The lowest BCUT2D eigenvalue weighted by atomic mass is 10.1. The number of carbonyl (C=O) groups excluding carboxylic acids is 1. The first kappa shape index (κ1) is 19.1. The summed E-state index contributed by atoms with van der Waals surface area (Å²) in [5, 5.41) is 8.68. The molecule has 2 aromatic carbocycles. The van der Waals surface area contributed by atoms with Crippen LogP contribution in [0.1, 0.15) is 22.8 Å². The van der Waals surface area contributed by atoms with Crippen LogP contribution in [0.3, 0.4) is 0 Å². The fourth-order valence-electron chi connectivity index (χ4n) is 2.25. The molecule has 0 aromatic heterocycles. The first-order valence-corrected chi connectivity index (χ1v) is 8.02. The minimum Gasteiger partial charge on any atom is -0.493 e. The van der Waals surface area contributed by atoms with Crippen LogP contribution in [0.4, 0.5) is 0 Å². The highest BCUT2D eigenvalue weighted by Crippen LogP contribution is 2.28. The second-order valence-corrected chi connectivity index (χ2v) is 5.22. The first-order chi connectivity index (χ1) is 12.5. The Labute approximate surface area is 151 Å². The Balaban J connectivity index is 2.18. The van der Waals surface area contributed by atoms with Gasteiger partial charge < -0.3 is 19.3 Å². The number of ketones is 1. The zero-order chi connectivity index (χ0) is 18.9. The van der Waals surface area contributed by atoms with Crippen LogP contribution in [0.5, 0.6) is 17.2 Å². The smallest absolute Gasteiger partial charge is 0.341 e. The summed E-state index contributed by atoms with van der Waals surface area (Å²) in [7, 11) is 1.42. The molecule has 136 valence electrons. The summed E-state index contributed by atoms with van der Waals surface area (Å²) in [6.45, 7) is 1.94. The predicted molar refractivity (Wildman–Crippen MR) is 97.1 cm³/mol. The van der Waals surface area contributed by atoms with E-state index in [1.54, 1.807) is 12.1 Å². The molecule has 0 aliphatic rings. The summed E-state index contributed by atoms with van der Waals surface area (Å²) in [5.74, 6) is -0.0612. The summed E-state index contributed by atoms with van der Waals surface area (Å²) in [5.41, 5.74) is 1.20. The van der Waals surface area contributed by atoms with E-state index in [1.165, 1.54) is 25.3 Å². The number of ether oxygens (including phenoxy) is 3. The minimum absolute atomic E-state index is 0.223. The van der Waals surface area contributed by atoms with Crippen LogP contribution in [0, 0.1) is 0 Å². The number of carboxylic acids is 1. The van der Waals surface area contributed by atoms with Gasteiger partial charge in [-0.05, 0) is 43.3 Å². The van der Waals surface area contributed by atoms with Gasteiger partial charge in [0.05, 0.1) is 13.7 Å². The summed E-state index contributed by atoms with van der Waals surface area (Å²) >= 11 is 0. The average molecular weight is 356 g/mol. The normalized spacial score (nSPS) is 10.5. The van der Waals surface area contributed by atoms with Gasteiger partial charge in [0.15, 0.2) is 23.9 Å². The van der Waals surface area contributed by atoms with Gasteiger partial charge in [-0.1, -0.05) is 18.2 Å². The van der Waals surface area contributed by atoms with E-state index in [-0.39, 0.29) is 11.5 Å². The van der Waals surface area contributed by atoms with Crippen LogP contribution in [-0.2, 0) is 4.79 Å². The fourth-order valence-corrected chi connectivity index (χ4v) is 2.25. The van der Waals surface area contributed by atoms with Crippen LogP contribution in [0.15, 0.2) is 48.5 Å². The lowest BCUT2D eigenvalue weighted by Gasteiger charge is -2.10. The number of aliphatic carboxylic acids is 1. The number of rotatable bonds is 9. The molecule has 0 saturated carbocycles. The van der Waals surface area contributed by atoms with Crippen molar-refractivity contribution in [3.63, 3.8) is 0 Å². The van der Waals surface area contributed by atoms with Crippen molar-refractivity contribution in [3.05, 3.63) is 59.7 Å². The minimum atomic E-state index is -1.09. The van der Waals surface area contributed by atoms with Crippen LogP contribution >= 0.6 is 0 Å². The van der Waals surface area contributed by atoms with Crippen molar-refractivity contribution >= 4 is 17.8 Å². The molecule has 26 heavy (non-hydrogen) atoms. The highest BCUT2D eigenvalue weighted by atomic mass is 16.5. The summed E-state index contributed by atoms with van der Waals surface area (Å²) in [4.78, 5) is 23.0. The predicted octanol–water partition coefficient (Wildman–Crippen LogP) is 3.45. The average Bonchev–Trinajstić information content (AvgIpc) is 2.65. The molecule has 6 nitrogen and oxygen atoms in total. The van der Waals surface area contributed by atoms with E-state index in [4.69, 9.17) is 19.3 Å². The highest BCUT2D eigenvalue weighted by Gasteiger charge is 2.11. The molecular formula is C20H20O6. The molecular weight excluding hydrogens is 336 g/mol. The zero-order valence-electron chi connectivity index (χ0n) is 14.6. The maximum atomic E-state index is 12.4. The molecule has 0 atom stereocenters. The Hall–Kier alpha value is -3.28. The second-order valence-electron chi connectivity index (χ2n) is 5.22. The van der Waals surface area contributed by atoms with Gasteiger partial charge in [-0.15, -0.1) is 0 Å². The number of allylic oxidation sites excluding steroid dienone is 1. The van der Waals surface area contributed by atoms with Crippen LogP contribution in [0.2, 0.25) is 0 Å². The van der Waals surface area contributed by atoms with Gasteiger partial charge in [0, 0.05) is 11.1 Å².